The summed E-state index contributed by atoms with van der Waals surface area (Å²) < 4.78 is 24.5. The Morgan fingerprint density at radius 2 is 1.90 bits per heavy atom. The number of rotatable bonds is 8. The number of carbonyl (C=O) groups excluding carboxylic acids is 2. The van der Waals surface area contributed by atoms with E-state index in [9.17, 15) is 18.4 Å². The Hall–Kier alpha value is -1.24. The highest BCUT2D eigenvalue weighted by Gasteiger charge is 2.21. The molecule has 2 amide bonds. The molecule has 7 heteroatoms. The molecule has 20 heavy (non-hydrogen) atoms. The van der Waals surface area contributed by atoms with Crippen molar-refractivity contribution in [3.05, 3.63) is 0 Å². The van der Waals surface area contributed by atoms with E-state index in [0.717, 1.165) is 4.90 Å². The molecule has 0 rings (SSSR count). The quantitative estimate of drug-likeness (QED) is 0.657. The van der Waals surface area contributed by atoms with Crippen molar-refractivity contribution in [1.29, 1.82) is 0 Å². The van der Waals surface area contributed by atoms with Gasteiger partial charge in [0.2, 0.25) is 11.8 Å². The van der Waals surface area contributed by atoms with Gasteiger partial charge in [0.15, 0.2) is 0 Å². The lowest BCUT2D eigenvalue weighted by atomic mass is 9.96. The Morgan fingerprint density at radius 3 is 2.35 bits per heavy atom. The summed E-state index contributed by atoms with van der Waals surface area (Å²) in [4.78, 5) is 24.2. The molecule has 2 N–H and O–H groups in total. The number of nitrogens with zero attached hydrogens (tertiary/aromatic N) is 1. The number of amides is 2. The van der Waals surface area contributed by atoms with Crippen LogP contribution in [0.5, 0.6) is 0 Å². The number of carbonyl (C=O) groups is 2. The van der Waals surface area contributed by atoms with E-state index in [-0.39, 0.29) is 25.5 Å². The molecule has 0 aliphatic rings. The maximum atomic E-state index is 12.3. The highest BCUT2D eigenvalue weighted by molar-refractivity contribution is 5.81. The summed E-state index contributed by atoms with van der Waals surface area (Å²) in [6.07, 6.45) is -2.17. The van der Waals surface area contributed by atoms with Crippen LogP contribution in [0.1, 0.15) is 33.6 Å². The average molecular weight is 294 g/mol. The van der Waals surface area contributed by atoms with Crippen LogP contribution >= 0.6 is 0 Å². The van der Waals surface area contributed by atoms with E-state index in [0.29, 0.717) is 13.0 Å². The minimum absolute atomic E-state index is 0.0666. The minimum Gasteiger partial charge on any atom is -0.395 e. The van der Waals surface area contributed by atoms with Crippen LogP contribution in [0.25, 0.3) is 0 Å². The van der Waals surface area contributed by atoms with Crippen LogP contribution in [-0.2, 0) is 9.59 Å². The highest BCUT2D eigenvalue weighted by atomic mass is 19.3. The van der Waals surface area contributed by atoms with Gasteiger partial charge in [-0.3, -0.25) is 9.59 Å². The predicted octanol–water partition coefficient (Wildman–Crippen LogP) is 1.01. The second-order valence-corrected chi connectivity index (χ2v) is 5.56. The second kappa shape index (κ2) is 8.84. The van der Waals surface area contributed by atoms with Crippen molar-refractivity contribution in [3.63, 3.8) is 0 Å². The lowest BCUT2D eigenvalue weighted by Gasteiger charge is -2.21. The largest absolute Gasteiger partial charge is 0.395 e. The number of hydrogen-bond acceptors (Lipinski definition) is 3. The van der Waals surface area contributed by atoms with Gasteiger partial charge in [-0.2, -0.15) is 0 Å². The van der Waals surface area contributed by atoms with Gasteiger partial charge in [0.05, 0.1) is 13.2 Å². The van der Waals surface area contributed by atoms with Gasteiger partial charge in [0, 0.05) is 24.9 Å². The highest BCUT2D eigenvalue weighted by Crippen LogP contribution is 2.12. The topological polar surface area (TPSA) is 69.6 Å². The lowest BCUT2D eigenvalue weighted by molar-refractivity contribution is -0.134. The molecule has 118 valence electrons. The zero-order valence-corrected chi connectivity index (χ0v) is 12.3. The molecule has 0 unspecified atom stereocenters. The van der Waals surface area contributed by atoms with Gasteiger partial charge < -0.3 is 15.3 Å². The van der Waals surface area contributed by atoms with E-state index in [1.807, 2.05) is 0 Å². The number of hydrogen-bond donors (Lipinski definition) is 2. The summed E-state index contributed by atoms with van der Waals surface area (Å²) in [5.74, 6) is -0.561. The monoisotopic (exact) mass is 294 g/mol. The summed E-state index contributed by atoms with van der Waals surface area (Å²) in [6.45, 7) is 4.53. The van der Waals surface area contributed by atoms with Crippen LogP contribution in [0.3, 0.4) is 0 Å². The average Bonchev–Trinajstić information content (AvgIpc) is 2.31. The number of aliphatic hydroxyl groups is 1. The Labute approximate surface area is 118 Å². The standard InChI is InChI=1S/C13H24F2N2O3/c1-13(2,3)12(20)16-6-4-5-11(19)17(7-8-18)9-10(14)15/h10,18H,4-9H2,1-3H3,(H,16,20). The maximum absolute atomic E-state index is 12.3. The third-order valence-corrected chi connectivity index (χ3v) is 2.62. The zero-order chi connectivity index (χ0) is 15.8. The first-order chi connectivity index (χ1) is 9.18. The van der Waals surface area contributed by atoms with Crippen molar-refractivity contribution in [2.45, 2.75) is 40.0 Å². The van der Waals surface area contributed by atoms with Gasteiger partial charge in [-0.15, -0.1) is 0 Å². The van der Waals surface area contributed by atoms with E-state index in [4.69, 9.17) is 5.11 Å². The van der Waals surface area contributed by atoms with Crippen LogP contribution in [0.4, 0.5) is 8.78 Å². The summed E-state index contributed by atoms with van der Waals surface area (Å²) >= 11 is 0. The lowest BCUT2D eigenvalue weighted by Crippen LogP contribution is -2.38. The molecule has 0 aromatic carbocycles. The van der Waals surface area contributed by atoms with Gasteiger partial charge in [-0.05, 0) is 6.42 Å². The summed E-state index contributed by atoms with van der Waals surface area (Å²) in [7, 11) is 0. The number of aliphatic hydroxyl groups excluding tert-OH is 1. The second-order valence-electron chi connectivity index (χ2n) is 5.56. The van der Waals surface area contributed by atoms with Gasteiger partial charge in [-0.25, -0.2) is 8.78 Å². The van der Waals surface area contributed by atoms with E-state index in [1.165, 1.54) is 0 Å². The molecule has 0 aromatic rings. The zero-order valence-electron chi connectivity index (χ0n) is 12.3. The van der Waals surface area contributed by atoms with Gasteiger partial charge >= 0.3 is 0 Å². The van der Waals surface area contributed by atoms with Crippen molar-refractivity contribution in [3.8, 4) is 0 Å². The van der Waals surface area contributed by atoms with E-state index in [2.05, 4.69) is 5.32 Å². The SMILES string of the molecule is CC(C)(C)C(=O)NCCCC(=O)N(CCO)CC(F)F. The fraction of sp³-hybridized carbons (Fsp3) is 0.846. The van der Waals surface area contributed by atoms with Gasteiger partial charge in [0.1, 0.15) is 0 Å². The number of alkyl halides is 2. The molecule has 0 aliphatic carbocycles. The summed E-state index contributed by atoms with van der Waals surface area (Å²) in [6, 6.07) is 0. The van der Waals surface area contributed by atoms with Gasteiger partial charge in [0.25, 0.3) is 6.43 Å². The Morgan fingerprint density at radius 1 is 1.30 bits per heavy atom. The van der Waals surface area contributed by atoms with Crippen molar-refractivity contribution >= 4 is 11.8 Å². The third-order valence-electron chi connectivity index (χ3n) is 2.62. The normalized spacial score (nSPS) is 11.6. The first kappa shape index (κ1) is 18.8. The van der Waals surface area contributed by atoms with Crippen molar-refractivity contribution in [2.24, 2.45) is 5.41 Å². The molecule has 0 aromatic heterocycles. The fourth-order valence-corrected chi connectivity index (χ4v) is 1.47. The molecule has 0 saturated heterocycles. The Balaban J connectivity index is 4.04. The van der Waals surface area contributed by atoms with Gasteiger partial charge in [-0.1, -0.05) is 20.8 Å². The van der Waals surface area contributed by atoms with Crippen molar-refractivity contribution in [1.82, 2.24) is 10.2 Å². The molecule has 0 bridgehead atoms. The fourth-order valence-electron chi connectivity index (χ4n) is 1.47. The predicted molar refractivity (Wildman–Crippen MR) is 71.4 cm³/mol. The van der Waals surface area contributed by atoms with Crippen LogP contribution in [0.2, 0.25) is 0 Å². The van der Waals surface area contributed by atoms with E-state index in [1.54, 1.807) is 20.8 Å². The van der Waals surface area contributed by atoms with Crippen LogP contribution in [0.15, 0.2) is 0 Å². The summed E-state index contributed by atoms with van der Waals surface area (Å²) in [5.41, 5.74) is -0.497. The van der Waals surface area contributed by atoms with Crippen LogP contribution in [-0.4, -0.2) is 54.5 Å². The number of nitrogens with one attached hydrogen (secondary N) is 1. The minimum atomic E-state index is -2.62. The summed E-state index contributed by atoms with van der Waals surface area (Å²) in [5, 5.41) is 11.4. The van der Waals surface area contributed by atoms with E-state index < -0.39 is 24.3 Å². The first-order valence-electron chi connectivity index (χ1n) is 6.63. The molecule has 0 radical (unpaired) electrons. The van der Waals surface area contributed by atoms with Crippen LogP contribution < -0.4 is 5.32 Å². The van der Waals surface area contributed by atoms with Crippen molar-refractivity contribution < 1.29 is 23.5 Å². The molecule has 0 heterocycles. The molecule has 0 saturated carbocycles. The molecule has 0 aliphatic heterocycles. The third kappa shape index (κ3) is 8.04. The maximum Gasteiger partial charge on any atom is 0.255 e. The number of halogens is 2. The molecular weight excluding hydrogens is 270 g/mol. The molecule has 0 fully saturated rings. The molecule has 5 nitrogen and oxygen atoms in total. The first-order valence-corrected chi connectivity index (χ1v) is 6.63. The van der Waals surface area contributed by atoms with Crippen LogP contribution in [0, 0.1) is 5.41 Å². The molecule has 0 spiro atoms. The Bertz CT molecular complexity index is 317. The molecular formula is C13H24F2N2O3. The van der Waals surface area contributed by atoms with Crippen molar-refractivity contribution in [2.75, 3.05) is 26.2 Å². The molecule has 0 atom stereocenters. The smallest absolute Gasteiger partial charge is 0.255 e. The Kier molecular flexibility index (Phi) is 8.29. The van der Waals surface area contributed by atoms with E-state index >= 15 is 0 Å².